The van der Waals surface area contributed by atoms with E-state index < -0.39 is 52.4 Å². The van der Waals surface area contributed by atoms with Crippen LogP contribution in [0.3, 0.4) is 0 Å². The van der Waals surface area contributed by atoms with Crippen LogP contribution in [0.4, 0.5) is 23.2 Å². The Kier molecular flexibility index (Phi) is 4.16. The summed E-state index contributed by atoms with van der Waals surface area (Å²) in [6.45, 7) is 0. The van der Waals surface area contributed by atoms with Crippen molar-refractivity contribution in [2.45, 2.75) is 11.7 Å². The van der Waals surface area contributed by atoms with Crippen LogP contribution < -0.4 is 11.1 Å². The monoisotopic (exact) mass is 321 g/mol. The van der Waals surface area contributed by atoms with E-state index >= 15 is 0 Å². The van der Waals surface area contributed by atoms with Crippen LogP contribution in [-0.4, -0.2) is 22.2 Å². The van der Waals surface area contributed by atoms with Gasteiger partial charge in [-0.05, 0) is 0 Å². The normalized spacial score (nSPS) is 17.8. The SMILES string of the molecule is NC1=NC(=O)[C@H](CC(=O)Nc2c(F)c(F)cc(F)c2F)S1. The van der Waals surface area contributed by atoms with Crippen LogP contribution in [-0.2, 0) is 9.59 Å². The molecule has 0 saturated heterocycles. The first-order valence-corrected chi connectivity index (χ1v) is 6.35. The predicted molar refractivity (Wildman–Crippen MR) is 67.5 cm³/mol. The molecule has 1 aliphatic rings. The number of carbonyl (C=O) groups excluding carboxylic acids is 2. The van der Waals surface area contributed by atoms with Crippen molar-refractivity contribution in [2.75, 3.05) is 5.32 Å². The summed E-state index contributed by atoms with van der Waals surface area (Å²) >= 11 is 0.809. The molecule has 112 valence electrons. The lowest BCUT2D eigenvalue weighted by Gasteiger charge is -2.10. The van der Waals surface area contributed by atoms with Gasteiger partial charge in [-0.25, -0.2) is 17.6 Å². The molecule has 21 heavy (non-hydrogen) atoms. The van der Waals surface area contributed by atoms with Crippen molar-refractivity contribution in [3.05, 3.63) is 29.3 Å². The number of thioether (sulfide) groups is 1. The highest BCUT2D eigenvalue weighted by Crippen LogP contribution is 2.26. The maximum absolute atomic E-state index is 13.3. The quantitative estimate of drug-likeness (QED) is 0.653. The molecule has 0 radical (unpaired) electrons. The van der Waals surface area contributed by atoms with Crippen LogP contribution in [0.5, 0.6) is 0 Å². The molecule has 2 rings (SSSR count). The fourth-order valence-corrected chi connectivity index (χ4v) is 2.40. The highest BCUT2D eigenvalue weighted by atomic mass is 32.2. The van der Waals surface area contributed by atoms with Crippen molar-refractivity contribution < 1.29 is 27.2 Å². The fraction of sp³-hybridized carbons (Fsp3) is 0.182. The molecule has 1 aromatic rings. The minimum absolute atomic E-state index is 0.0191. The van der Waals surface area contributed by atoms with Crippen molar-refractivity contribution in [3.63, 3.8) is 0 Å². The van der Waals surface area contributed by atoms with Crippen LogP contribution in [0.2, 0.25) is 0 Å². The van der Waals surface area contributed by atoms with Crippen LogP contribution >= 0.6 is 11.8 Å². The van der Waals surface area contributed by atoms with Gasteiger partial charge in [-0.2, -0.15) is 4.99 Å². The number of nitrogens with two attached hydrogens (primary N) is 1. The zero-order chi connectivity index (χ0) is 15.7. The lowest BCUT2D eigenvalue weighted by Crippen LogP contribution is -2.23. The third kappa shape index (κ3) is 3.15. The van der Waals surface area contributed by atoms with E-state index in [1.165, 1.54) is 0 Å². The van der Waals surface area contributed by atoms with Crippen molar-refractivity contribution in [3.8, 4) is 0 Å². The summed E-state index contributed by atoms with van der Waals surface area (Å²) in [4.78, 5) is 26.2. The molecule has 0 unspecified atom stereocenters. The van der Waals surface area contributed by atoms with E-state index in [4.69, 9.17) is 5.73 Å². The largest absolute Gasteiger partial charge is 0.378 e. The molecule has 5 nitrogen and oxygen atoms in total. The van der Waals surface area contributed by atoms with E-state index in [9.17, 15) is 27.2 Å². The van der Waals surface area contributed by atoms with E-state index in [2.05, 4.69) is 4.99 Å². The fourth-order valence-electron chi connectivity index (χ4n) is 1.57. The van der Waals surface area contributed by atoms with E-state index in [0.717, 1.165) is 11.8 Å². The van der Waals surface area contributed by atoms with Gasteiger partial charge in [-0.3, -0.25) is 9.59 Å². The molecule has 2 amide bonds. The number of amidine groups is 1. The number of anilines is 1. The summed E-state index contributed by atoms with van der Waals surface area (Å²) in [5.74, 6) is -8.44. The van der Waals surface area contributed by atoms with Crippen molar-refractivity contribution >= 4 is 34.4 Å². The second kappa shape index (κ2) is 5.72. The molecular formula is C11H7F4N3O2S. The van der Waals surface area contributed by atoms with Crippen LogP contribution in [0.1, 0.15) is 6.42 Å². The second-order valence-corrected chi connectivity index (χ2v) is 5.21. The molecule has 0 saturated carbocycles. The summed E-state index contributed by atoms with van der Waals surface area (Å²) in [6.07, 6.45) is -0.495. The third-order valence-electron chi connectivity index (χ3n) is 2.51. The number of hydrogen-bond acceptors (Lipinski definition) is 4. The van der Waals surface area contributed by atoms with Gasteiger partial charge in [0.2, 0.25) is 5.91 Å². The van der Waals surface area contributed by atoms with Gasteiger partial charge in [0.25, 0.3) is 5.91 Å². The number of aliphatic imine (C=N–C) groups is 1. The van der Waals surface area contributed by atoms with Crippen LogP contribution in [0, 0.1) is 23.3 Å². The Morgan fingerprint density at radius 1 is 1.29 bits per heavy atom. The molecule has 0 fully saturated rings. The van der Waals surface area contributed by atoms with Gasteiger partial charge in [0.1, 0.15) is 10.9 Å². The molecule has 0 bridgehead atoms. The lowest BCUT2D eigenvalue weighted by atomic mass is 10.2. The van der Waals surface area contributed by atoms with Gasteiger partial charge in [-0.1, -0.05) is 11.8 Å². The molecule has 10 heteroatoms. The topological polar surface area (TPSA) is 84.5 Å². The summed E-state index contributed by atoms with van der Waals surface area (Å²) in [7, 11) is 0. The number of nitrogens with zero attached hydrogens (tertiary/aromatic N) is 1. The molecule has 3 N–H and O–H groups in total. The number of carbonyl (C=O) groups is 2. The van der Waals surface area contributed by atoms with Gasteiger partial charge in [0, 0.05) is 12.5 Å². The second-order valence-electron chi connectivity index (χ2n) is 3.99. The maximum atomic E-state index is 13.3. The number of rotatable bonds is 3. The Balaban J connectivity index is 2.12. The zero-order valence-corrected chi connectivity index (χ0v) is 10.9. The van der Waals surface area contributed by atoms with E-state index in [1.807, 2.05) is 0 Å². The summed E-state index contributed by atoms with van der Waals surface area (Å²) in [6, 6.07) is 0.0191. The molecule has 1 heterocycles. The third-order valence-corrected chi connectivity index (χ3v) is 3.49. The number of nitrogens with one attached hydrogen (secondary N) is 1. The summed E-state index contributed by atoms with van der Waals surface area (Å²) < 4.78 is 52.6. The van der Waals surface area contributed by atoms with Gasteiger partial charge in [0.15, 0.2) is 28.4 Å². The number of halogens is 4. The maximum Gasteiger partial charge on any atom is 0.262 e. The molecule has 1 atom stereocenters. The van der Waals surface area contributed by atoms with E-state index in [0.29, 0.717) is 0 Å². The van der Waals surface area contributed by atoms with Crippen molar-refractivity contribution in [1.29, 1.82) is 0 Å². The molecule has 0 spiro atoms. The first kappa shape index (κ1) is 15.3. The average molecular weight is 321 g/mol. The Morgan fingerprint density at radius 3 is 2.33 bits per heavy atom. The Bertz CT molecular complexity index is 639. The van der Waals surface area contributed by atoms with Gasteiger partial charge >= 0.3 is 0 Å². The highest BCUT2D eigenvalue weighted by Gasteiger charge is 2.30. The minimum Gasteiger partial charge on any atom is -0.378 e. The predicted octanol–water partition coefficient (Wildman–Crippen LogP) is 1.53. The van der Waals surface area contributed by atoms with Crippen molar-refractivity contribution in [2.24, 2.45) is 10.7 Å². The number of amides is 2. The zero-order valence-electron chi connectivity index (χ0n) is 10.1. The number of benzene rings is 1. The molecule has 0 aliphatic carbocycles. The lowest BCUT2D eigenvalue weighted by molar-refractivity contribution is -0.121. The van der Waals surface area contributed by atoms with Gasteiger partial charge < -0.3 is 11.1 Å². The van der Waals surface area contributed by atoms with Gasteiger partial charge in [0.05, 0.1) is 0 Å². The first-order chi connectivity index (χ1) is 9.79. The highest BCUT2D eigenvalue weighted by molar-refractivity contribution is 8.15. The molecule has 1 aliphatic heterocycles. The summed E-state index contributed by atoms with van der Waals surface area (Å²) in [5.41, 5.74) is 4.02. The van der Waals surface area contributed by atoms with E-state index in [-0.39, 0.29) is 11.2 Å². The molecular weight excluding hydrogens is 314 g/mol. The Labute approximate surface area is 119 Å². The standard InChI is InChI=1S/C11H7F4N3O2S/c12-3-1-4(13)8(15)9(7(3)14)17-6(19)2-5-10(20)18-11(16)21-5/h1,5H,2H2,(H,17,19)(H2,16,18,20)/t5-/m0/s1. The number of hydrogen-bond donors (Lipinski definition) is 2. The molecule has 1 aromatic carbocycles. The first-order valence-electron chi connectivity index (χ1n) is 5.47. The average Bonchev–Trinajstić information content (AvgIpc) is 2.70. The molecule has 0 aromatic heterocycles. The Morgan fingerprint density at radius 2 is 1.86 bits per heavy atom. The van der Waals surface area contributed by atoms with Crippen molar-refractivity contribution in [1.82, 2.24) is 0 Å². The summed E-state index contributed by atoms with van der Waals surface area (Å²) in [5, 5.41) is 0.725. The van der Waals surface area contributed by atoms with Crippen LogP contribution in [0.25, 0.3) is 0 Å². The smallest absolute Gasteiger partial charge is 0.262 e. The minimum atomic E-state index is -1.73. The van der Waals surface area contributed by atoms with Gasteiger partial charge in [-0.15, -0.1) is 0 Å². The Hall–Kier alpha value is -2.10. The van der Waals surface area contributed by atoms with E-state index in [1.54, 1.807) is 5.32 Å². The van der Waals surface area contributed by atoms with Crippen LogP contribution in [0.15, 0.2) is 11.1 Å².